The number of rotatable bonds is 6. The molecule has 1 aliphatic carbocycles. The Hall–Kier alpha value is -4.19. The van der Waals surface area contributed by atoms with E-state index < -0.39 is 0 Å². The van der Waals surface area contributed by atoms with E-state index >= 15 is 0 Å². The summed E-state index contributed by atoms with van der Waals surface area (Å²) in [7, 11) is 0. The van der Waals surface area contributed by atoms with Crippen molar-refractivity contribution in [1.29, 1.82) is 0 Å². The molecule has 0 saturated carbocycles. The van der Waals surface area contributed by atoms with Crippen molar-refractivity contribution < 1.29 is 9.53 Å². The van der Waals surface area contributed by atoms with E-state index in [1.807, 2.05) is 60.7 Å². The summed E-state index contributed by atoms with van der Waals surface area (Å²) in [4.78, 5) is 24.9. The Morgan fingerprint density at radius 3 is 2.56 bits per heavy atom. The van der Waals surface area contributed by atoms with Crippen molar-refractivity contribution >= 4 is 11.6 Å². The highest BCUT2D eigenvalue weighted by molar-refractivity contribution is 6.03. The zero-order chi connectivity index (χ0) is 21.9. The summed E-state index contributed by atoms with van der Waals surface area (Å²) in [6, 6.07) is 26.4. The van der Waals surface area contributed by atoms with Gasteiger partial charge in [-0.3, -0.25) is 9.59 Å². The van der Waals surface area contributed by atoms with Crippen molar-refractivity contribution in [2.75, 3.05) is 11.9 Å². The van der Waals surface area contributed by atoms with Crippen LogP contribution in [0.2, 0.25) is 0 Å². The number of para-hydroxylation sites is 1. The van der Waals surface area contributed by atoms with Crippen LogP contribution in [0.1, 0.15) is 21.6 Å². The zero-order valence-corrected chi connectivity index (χ0v) is 17.3. The fourth-order valence-corrected chi connectivity index (χ4v) is 3.91. The van der Waals surface area contributed by atoms with Crippen LogP contribution in [0.15, 0.2) is 89.7 Å². The van der Waals surface area contributed by atoms with E-state index in [1.54, 1.807) is 0 Å². The first kappa shape index (κ1) is 19.8. The van der Waals surface area contributed by atoms with Crippen LogP contribution in [0.3, 0.4) is 0 Å². The molecule has 1 aliphatic rings. The predicted molar refractivity (Wildman–Crippen MR) is 123 cm³/mol. The number of hydrogen-bond acceptors (Lipinski definition) is 4. The molecule has 0 saturated heterocycles. The molecule has 0 atom stereocenters. The van der Waals surface area contributed by atoms with Gasteiger partial charge in [-0.1, -0.05) is 48.5 Å². The molecule has 0 spiro atoms. The summed E-state index contributed by atoms with van der Waals surface area (Å²) < 4.78 is 6.88. The summed E-state index contributed by atoms with van der Waals surface area (Å²) >= 11 is 0. The summed E-state index contributed by atoms with van der Waals surface area (Å²) in [6.45, 7) is 0.513. The number of fused-ring (bicyclic) bond motifs is 3. The van der Waals surface area contributed by atoms with E-state index in [0.717, 1.165) is 6.42 Å². The number of hydrogen-bond donors (Lipinski definition) is 1. The first-order valence-corrected chi connectivity index (χ1v) is 10.5. The summed E-state index contributed by atoms with van der Waals surface area (Å²) in [6.07, 6.45) is 0.847. The molecular formula is C26H21N3O3. The lowest BCUT2D eigenvalue weighted by Crippen LogP contribution is -2.28. The van der Waals surface area contributed by atoms with Gasteiger partial charge in [0.25, 0.3) is 11.5 Å². The molecule has 4 aromatic rings. The predicted octanol–water partition coefficient (Wildman–Crippen LogP) is 4.15. The van der Waals surface area contributed by atoms with Gasteiger partial charge in [0, 0.05) is 11.8 Å². The van der Waals surface area contributed by atoms with Crippen LogP contribution in [-0.4, -0.2) is 22.3 Å². The van der Waals surface area contributed by atoms with Gasteiger partial charge in [0.2, 0.25) is 0 Å². The van der Waals surface area contributed by atoms with Crippen LogP contribution in [0.5, 0.6) is 5.75 Å². The van der Waals surface area contributed by atoms with Crippen molar-refractivity contribution in [3.05, 3.63) is 112 Å². The minimum absolute atomic E-state index is 0.174. The molecule has 3 aromatic carbocycles. The molecule has 5 rings (SSSR count). The van der Waals surface area contributed by atoms with E-state index in [0.29, 0.717) is 11.4 Å². The zero-order valence-electron chi connectivity index (χ0n) is 17.3. The molecule has 1 aromatic heterocycles. The maximum absolute atomic E-state index is 12.8. The maximum atomic E-state index is 12.8. The Kier molecular flexibility index (Phi) is 5.25. The van der Waals surface area contributed by atoms with Gasteiger partial charge in [-0.15, -0.1) is 0 Å². The highest BCUT2D eigenvalue weighted by Gasteiger charge is 2.18. The van der Waals surface area contributed by atoms with Crippen molar-refractivity contribution in [2.24, 2.45) is 0 Å². The van der Waals surface area contributed by atoms with Gasteiger partial charge in [-0.25, -0.2) is 4.68 Å². The van der Waals surface area contributed by atoms with Crippen LogP contribution >= 0.6 is 0 Å². The molecule has 6 heteroatoms. The highest BCUT2D eigenvalue weighted by atomic mass is 16.5. The largest absolute Gasteiger partial charge is 0.492 e. The fourth-order valence-electron chi connectivity index (χ4n) is 3.91. The Morgan fingerprint density at radius 2 is 1.69 bits per heavy atom. The molecule has 32 heavy (non-hydrogen) atoms. The van der Waals surface area contributed by atoms with Gasteiger partial charge in [-0.05, 0) is 59.0 Å². The maximum Gasteiger partial charge on any atom is 0.276 e. The van der Waals surface area contributed by atoms with Gasteiger partial charge in [0.1, 0.15) is 18.1 Å². The molecule has 0 radical (unpaired) electrons. The first-order chi connectivity index (χ1) is 15.7. The Bertz CT molecular complexity index is 1350. The molecule has 0 fully saturated rings. The molecule has 0 aliphatic heterocycles. The monoisotopic (exact) mass is 423 g/mol. The first-order valence-electron chi connectivity index (χ1n) is 10.5. The summed E-state index contributed by atoms with van der Waals surface area (Å²) in [5.74, 6) is 0.353. The average molecular weight is 423 g/mol. The lowest BCUT2D eigenvalue weighted by Gasteiger charge is -2.10. The Labute approximate surface area is 185 Å². The highest BCUT2D eigenvalue weighted by Crippen LogP contribution is 2.37. The van der Waals surface area contributed by atoms with Crippen LogP contribution in [0.4, 0.5) is 5.69 Å². The van der Waals surface area contributed by atoms with Crippen molar-refractivity contribution in [1.82, 2.24) is 9.78 Å². The van der Waals surface area contributed by atoms with Gasteiger partial charge in [-0.2, -0.15) is 5.10 Å². The number of nitrogens with one attached hydrogen (secondary N) is 1. The van der Waals surface area contributed by atoms with Gasteiger partial charge >= 0.3 is 0 Å². The third kappa shape index (κ3) is 4.03. The second-order valence-corrected chi connectivity index (χ2v) is 7.60. The Morgan fingerprint density at radius 1 is 0.906 bits per heavy atom. The smallest absolute Gasteiger partial charge is 0.276 e. The van der Waals surface area contributed by atoms with Crippen LogP contribution in [0.25, 0.3) is 11.1 Å². The average Bonchev–Trinajstić information content (AvgIpc) is 3.18. The van der Waals surface area contributed by atoms with Gasteiger partial charge < -0.3 is 10.1 Å². The number of ether oxygens (including phenoxy) is 1. The normalized spacial score (nSPS) is 11.5. The van der Waals surface area contributed by atoms with Crippen LogP contribution in [0, 0.1) is 0 Å². The van der Waals surface area contributed by atoms with E-state index in [4.69, 9.17) is 4.74 Å². The number of anilines is 1. The van der Waals surface area contributed by atoms with E-state index in [-0.39, 0.29) is 30.3 Å². The SMILES string of the molecule is O=C(Nc1ccc2c(c1)Cc1ccccc1-2)c1ccc(=O)n(CCOc2ccccc2)n1. The fraction of sp³-hybridized carbons (Fsp3) is 0.115. The van der Waals surface area contributed by atoms with Crippen molar-refractivity contribution in [3.8, 4) is 16.9 Å². The minimum Gasteiger partial charge on any atom is -0.492 e. The molecular weight excluding hydrogens is 402 g/mol. The lowest BCUT2D eigenvalue weighted by molar-refractivity contribution is 0.101. The van der Waals surface area contributed by atoms with Crippen LogP contribution < -0.4 is 15.6 Å². The number of benzene rings is 3. The van der Waals surface area contributed by atoms with Crippen LogP contribution in [-0.2, 0) is 13.0 Å². The number of nitrogens with zero attached hydrogens (tertiary/aromatic N) is 2. The third-order valence-electron chi connectivity index (χ3n) is 5.47. The lowest BCUT2D eigenvalue weighted by atomic mass is 10.1. The van der Waals surface area contributed by atoms with Crippen molar-refractivity contribution in [2.45, 2.75) is 13.0 Å². The molecule has 0 unspecified atom stereocenters. The number of amides is 1. The van der Waals surface area contributed by atoms with Gasteiger partial charge in [0.05, 0.1) is 6.54 Å². The minimum atomic E-state index is -0.363. The molecule has 1 N–H and O–H groups in total. The second kappa shape index (κ2) is 8.51. The van der Waals surface area contributed by atoms with E-state index in [1.165, 1.54) is 39.1 Å². The molecule has 0 bridgehead atoms. The van der Waals surface area contributed by atoms with Crippen molar-refractivity contribution in [3.63, 3.8) is 0 Å². The number of carbonyl (C=O) groups excluding carboxylic acids is 1. The quantitative estimate of drug-likeness (QED) is 0.445. The summed E-state index contributed by atoms with van der Waals surface area (Å²) in [5.41, 5.74) is 5.50. The number of aromatic nitrogens is 2. The van der Waals surface area contributed by atoms with E-state index in [2.05, 4.69) is 22.5 Å². The van der Waals surface area contributed by atoms with E-state index in [9.17, 15) is 9.59 Å². The summed E-state index contributed by atoms with van der Waals surface area (Å²) in [5, 5.41) is 7.11. The molecule has 6 nitrogen and oxygen atoms in total. The topological polar surface area (TPSA) is 73.2 Å². The molecule has 1 amide bonds. The Balaban J connectivity index is 1.27. The second-order valence-electron chi connectivity index (χ2n) is 7.60. The standard InChI is InChI=1S/C26H21N3O3/c30-25-13-12-24(28-29(25)14-15-32-21-7-2-1-3-8-21)26(31)27-20-10-11-23-19(17-20)16-18-6-4-5-9-22(18)23/h1-13,17H,14-16H2,(H,27,31). The number of carbonyl (C=O) groups is 1. The third-order valence-corrected chi connectivity index (χ3v) is 5.47. The van der Waals surface area contributed by atoms with Gasteiger partial charge in [0.15, 0.2) is 0 Å². The molecule has 1 heterocycles. The molecule has 158 valence electrons.